The van der Waals surface area contributed by atoms with Crippen LogP contribution in [-0.4, -0.2) is 26.8 Å². The summed E-state index contributed by atoms with van der Waals surface area (Å²) in [6.07, 6.45) is -0.111. The van der Waals surface area contributed by atoms with E-state index in [0.29, 0.717) is 5.56 Å². The molecule has 8 heteroatoms. The van der Waals surface area contributed by atoms with Crippen molar-refractivity contribution in [1.29, 1.82) is 0 Å². The lowest BCUT2D eigenvalue weighted by Crippen LogP contribution is -2.43. The third kappa shape index (κ3) is 5.40. The minimum absolute atomic E-state index is 0.0801. The first-order chi connectivity index (χ1) is 11.9. The van der Waals surface area contributed by atoms with Crippen LogP contribution in [0.25, 0.3) is 0 Å². The monoisotopic (exact) mass is 361 g/mol. The Morgan fingerprint density at radius 3 is 2.24 bits per heavy atom. The van der Waals surface area contributed by atoms with Crippen LogP contribution in [0.15, 0.2) is 59.5 Å². The van der Waals surface area contributed by atoms with Crippen LogP contribution in [0, 0.1) is 6.92 Å². The highest BCUT2D eigenvalue weighted by Gasteiger charge is 2.14. The van der Waals surface area contributed by atoms with Gasteiger partial charge in [0.15, 0.2) is 0 Å². The van der Waals surface area contributed by atoms with Crippen molar-refractivity contribution in [2.45, 2.75) is 18.2 Å². The fourth-order valence-electron chi connectivity index (χ4n) is 2.07. The highest BCUT2D eigenvalue weighted by molar-refractivity contribution is 7.89. The van der Waals surface area contributed by atoms with Crippen LogP contribution < -0.4 is 15.6 Å². The summed E-state index contributed by atoms with van der Waals surface area (Å²) >= 11 is 0. The lowest BCUT2D eigenvalue weighted by molar-refractivity contribution is -0.121. The number of hydrogen-bond donors (Lipinski definition) is 3. The molecule has 2 aromatic rings. The number of carbonyl (C=O) groups is 2. The molecule has 3 N–H and O–H groups in total. The first-order valence-electron chi connectivity index (χ1n) is 7.59. The van der Waals surface area contributed by atoms with Crippen molar-refractivity contribution >= 4 is 21.8 Å². The van der Waals surface area contributed by atoms with Gasteiger partial charge in [0.2, 0.25) is 15.9 Å². The minimum atomic E-state index is -3.65. The van der Waals surface area contributed by atoms with Gasteiger partial charge in [-0.15, -0.1) is 0 Å². The maximum Gasteiger partial charge on any atom is 0.269 e. The van der Waals surface area contributed by atoms with E-state index >= 15 is 0 Å². The molecule has 0 radical (unpaired) electrons. The maximum absolute atomic E-state index is 12.0. The average Bonchev–Trinajstić information content (AvgIpc) is 2.60. The van der Waals surface area contributed by atoms with Gasteiger partial charge in [-0.3, -0.25) is 20.4 Å². The normalized spacial score (nSPS) is 10.9. The summed E-state index contributed by atoms with van der Waals surface area (Å²) in [4.78, 5) is 23.8. The zero-order valence-corrected chi connectivity index (χ0v) is 14.5. The van der Waals surface area contributed by atoms with Crippen molar-refractivity contribution < 1.29 is 18.0 Å². The van der Waals surface area contributed by atoms with Crippen LogP contribution in [0.3, 0.4) is 0 Å². The molecule has 0 atom stereocenters. The summed E-state index contributed by atoms with van der Waals surface area (Å²) in [6, 6.07) is 14.8. The molecule has 0 aliphatic rings. The predicted molar refractivity (Wildman–Crippen MR) is 93.0 cm³/mol. The van der Waals surface area contributed by atoms with Crippen LogP contribution in [0.4, 0.5) is 0 Å². The summed E-state index contributed by atoms with van der Waals surface area (Å²) in [6.45, 7) is 1.71. The van der Waals surface area contributed by atoms with Gasteiger partial charge in [-0.05, 0) is 30.7 Å². The number of sulfonamides is 1. The summed E-state index contributed by atoms with van der Waals surface area (Å²) < 4.78 is 26.3. The topological polar surface area (TPSA) is 104 Å². The van der Waals surface area contributed by atoms with E-state index in [-0.39, 0.29) is 17.9 Å². The van der Waals surface area contributed by atoms with Gasteiger partial charge in [-0.1, -0.05) is 36.4 Å². The molecular formula is C17H19N3O4S. The zero-order valence-electron chi connectivity index (χ0n) is 13.7. The molecule has 7 nitrogen and oxygen atoms in total. The van der Waals surface area contributed by atoms with E-state index in [4.69, 9.17) is 0 Å². The molecule has 0 aliphatic carbocycles. The predicted octanol–water partition coefficient (Wildman–Crippen LogP) is 1.12. The molecule has 0 heterocycles. The van der Waals surface area contributed by atoms with Crippen molar-refractivity contribution in [3.8, 4) is 0 Å². The van der Waals surface area contributed by atoms with Crippen molar-refractivity contribution in [3.63, 3.8) is 0 Å². The molecule has 0 spiro atoms. The molecular weight excluding hydrogens is 342 g/mol. The van der Waals surface area contributed by atoms with Gasteiger partial charge < -0.3 is 0 Å². The fraction of sp³-hybridized carbons (Fsp3) is 0.176. The Morgan fingerprint density at radius 2 is 1.56 bits per heavy atom. The van der Waals surface area contributed by atoms with E-state index in [9.17, 15) is 18.0 Å². The SMILES string of the molecule is Cc1ccccc1C(=O)NNC(=O)CCNS(=O)(=O)c1ccccc1. The lowest BCUT2D eigenvalue weighted by atomic mass is 10.1. The van der Waals surface area contributed by atoms with Gasteiger partial charge in [0, 0.05) is 18.5 Å². The molecule has 0 aliphatic heterocycles. The van der Waals surface area contributed by atoms with E-state index in [1.54, 1.807) is 43.3 Å². The number of rotatable bonds is 6. The Labute approximate surface area is 146 Å². The number of benzene rings is 2. The van der Waals surface area contributed by atoms with E-state index in [1.165, 1.54) is 12.1 Å². The van der Waals surface area contributed by atoms with E-state index < -0.39 is 21.8 Å². The first-order valence-corrected chi connectivity index (χ1v) is 9.08. The van der Waals surface area contributed by atoms with Crippen LogP contribution in [0.1, 0.15) is 22.3 Å². The number of hydrogen-bond acceptors (Lipinski definition) is 4. The third-order valence-corrected chi connectivity index (χ3v) is 4.88. The highest BCUT2D eigenvalue weighted by atomic mass is 32.2. The summed E-state index contributed by atoms with van der Waals surface area (Å²) in [5.74, 6) is -0.936. The number of nitrogens with one attached hydrogen (secondary N) is 3. The van der Waals surface area contributed by atoms with Crippen LogP contribution in [-0.2, 0) is 14.8 Å². The molecule has 0 saturated carbocycles. The molecule has 0 saturated heterocycles. The van der Waals surface area contributed by atoms with E-state index in [0.717, 1.165) is 5.56 Å². The molecule has 0 fully saturated rings. The minimum Gasteiger partial charge on any atom is -0.273 e. The van der Waals surface area contributed by atoms with E-state index in [2.05, 4.69) is 15.6 Å². The van der Waals surface area contributed by atoms with Gasteiger partial charge in [0.05, 0.1) is 4.90 Å². The van der Waals surface area contributed by atoms with E-state index in [1.807, 2.05) is 6.07 Å². The van der Waals surface area contributed by atoms with Gasteiger partial charge in [-0.2, -0.15) is 0 Å². The first kappa shape index (κ1) is 18.6. The number of carbonyl (C=O) groups excluding carboxylic acids is 2. The Kier molecular flexibility index (Phi) is 6.26. The largest absolute Gasteiger partial charge is 0.273 e. The quantitative estimate of drug-likeness (QED) is 0.671. The second-order valence-electron chi connectivity index (χ2n) is 5.28. The second-order valence-corrected chi connectivity index (χ2v) is 7.05. The third-order valence-electron chi connectivity index (χ3n) is 3.40. The standard InChI is InChI=1S/C17H19N3O4S/c1-13-7-5-6-10-15(13)17(22)20-19-16(21)11-12-18-25(23,24)14-8-3-2-4-9-14/h2-10,18H,11-12H2,1H3,(H,19,21)(H,20,22). The molecule has 2 amide bonds. The molecule has 0 aromatic heterocycles. The lowest BCUT2D eigenvalue weighted by Gasteiger charge is -2.10. The smallest absolute Gasteiger partial charge is 0.269 e. The molecule has 2 rings (SSSR count). The molecule has 132 valence electrons. The highest BCUT2D eigenvalue weighted by Crippen LogP contribution is 2.07. The van der Waals surface area contributed by atoms with Gasteiger partial charge in [0.25, 0.3) is 5.91 Å². The van der Waals surface area contributed by atoms with Crippen molar-refractivity contribution in [3.05, 3.63) is 65.7 Å². The molecule has 2 aromatic carbocycles. The summed E-state index contributed by atoms with van der Waals surface area (Å²) in [5, 5.41) is 0. The fourth-order valence-corrected chi connectivity index (χ4v) is 3.12. The van der Waals surface area contributed by atoms with Gasteiger partial charge >= 0.3 is 0 Å². The maximum atomic E-state index is 12.0. The van der Waals surface area contributed by atoms with Crippen molar-refractivity contribution in [2.24, 2.45) is 0 Å². The van der Waals surface area contributed by atoms with Crippen LogP contribution >= 0.6 is 0 Å². The number of amides is 2. The van der Waals surface area contributed by atoms with Gasteiger partial charge in [-0.25, -0.2) is 13.1 Å². The van der Waals surface area contributed by atoms with Crippen LogP contribution in [0.5, 0.6) is 0 Å². The Bertz CT molecular complexity index is 851. The van der Waals surface area contributed by atoms with Crippen molar-refractivity contribution in [2.75, 3.05) is 6.54 Å². The number of aryl methyl sites for hydroxylation is 1. The average molecular weight is 361 g/mol. The molecule has 0 bridgehead atoms. The van der Waals surface area contributed by atoms with Crippen molar-refractivity contribution in [1.82, 2.24) is 15.6 Å². The summed E-state index contributed by atoms with van der Waals surface area (Å²) in [5.41, 5.74) is 5.80. The second kappa shape index (κ2) is 8.41. The van der Waals surface area contributed by atoms with Gasteiger partial charge in [0.1, 0.15) is 0 Å². The zero-order chi connectivity index (χ0) is 18.3. The van der Waals surface area contributed by atoms with Crippen LogP contribution in [0.2, 0.25) is 0 Å². The Balaban J connectivity index is 1.78. The Morgan fingerprint density at radius 1 is 0.920 bits per heavy atom. The molecule has 0 unspecified atom stereocenters. The summed E-state index contributed by atoms with van der Waals surface area (Å²) in [7, 11) is -3.65. The number of hydrazine groups is 1. The Hall–Kier alpha value is -2.71. The molecule has 25 heavy (non-hydrogen) atoms.